The van der Waals surface area contributed by atoms with Crippen molar-refractivity contribution in [1.29, 1.82) is 0 Å². The first kappa shape index (κ1) is 16.6. The van der Waals surface area contributed by atoms with Crippen LogP contribution in [-0.2, 0) is 14.6 Å². The van der Waals surface area contributed by atoms with Gasteiger partial charge in [-0.15, -0.1) is 0 Å². The average molecular weight is 336 g/mol. The molecular weight excluding hydrogens is 323 g/mol. The summed E-state index contributed by atoms with van der Waals surface area (Å²) in [5.41, 5.74) is 4.43. The molecule has 2 rings (SSSR count). The van der Waals surface area contributed by atoms with E-state index in [0.717, 1.165) is 12.1 Å². The molecule has 23 heavy (non-hydrogen) atoms. The molecule has 0 spiro atoms. The fraction of sp³-hybridized carbons (Fsp3) is 0. The first-order chi connectivity index (χ1) is 10.9. The quantitative estimate of drug-likeness (QED) is 0.254. The fourth-order valence-corrected chi connectivity index (χ4v) is 2.85. The molecule has 0 saturated carbocycles. The summed E-state index contributed by atoms with van der Waals surface area (Å²) in [7, 11) is -4.17. The molecule has 2 aromatic carbocycles. The van der Waals surface area contributed by atoms with Gasteiger partial charge in [-0.1, -0.05) is 18.2 Å². The third kappa shape index (κ3) is 3.90. The van der Waals surface area contributed by atoms with Crippen LogP contribution >= 0.6 is 0 Å². The van der Waals surface area contributed by atoms with Crippen LogP contribution in [0.1, 0.15) is 0 Å². The summed E-state index contributed by atoms with van der Waals surface area (Å²) in [6.07, 6.45) is 0. The van der Waals surface area contributed by atoms with Crippen LogP contribution in [-0.4, -0.2) is 19.4 Å². The highest BCUT2D eigenvalue weighted by Gasteiger charge is 2.29. The molecule has 0 unspecified atom stereocenters. The second-order valence-electron chi connectivity index (χ2n) is 4.33. The highest BCUT2D eigenvalue weighted by atomic mass is 32.2. The summed E-state index contributed by atoms with van der Waals surface area (Å²) in [6, 6.07) is 12.3. The molecule has 1 amide bonds. The lowest BCUT2D eigenvalue weighted by atomic mass is 10.3. The smallest absolute Gasteiger partial charge is 0.288 e. The van der Waals surface area contributed by atoms with Crippen LogP contribution in [0.4, 0.5) is 10.1 Å². The van der Waals surface area contributed by atoms with Crippen LogP contribution < -0.4 is 16.7 Å². The van der Waals surface area contributed by atoms with Gasteiger partial charge in [-0.05, 0) is 36.4 Å². The predicted octanol–water partition coefficient (Wildman–Crippen LogP) is 1.01. The van der Waals surface area contributed by atoms with Gasteiger partial charge in [-0.25, -0.2) is 18.7 Å². The summed E-state index contributed by atoms with van der Waals surface area (Å²) in [5.74, 6) is 3.47. The van der Waals surface area contributed by atoms with Crippen LogP contribution in [0.15, 0.2) is 64.6 Å². The zero-order chi connectivity index (χ0) is 16.9. The van der Waals surface area contributed by atoms with E-state index in [1.165, 1.54) is 36.4 Å². The molecule has 0 atom stereocenters. The van der Waals surface area contributed by atoms with Gasteiger partial charge in [0.2, 0.25) is 14.9 Å². The third-order valence-corrected chi connectivity index (χ3v) is 4.44. The Kier molecular flexibility index (Phi) is 5.04. The van der Waals surface area contributed by atoms with E-state index >= 15 is 0 Å². The molecule has 0 aliphatic rings. The SMILES string of the molecule is NNC(=O)C(=NNc1ccc(F)cc1)S(=O)(=O)c1ccccc1. The number of amides is 1. The van der Waals surface area contributed by atoms with Crippen LogP contribution in [0, 0.1) is 5.82 Å². The van der Waals surface area contributed by atoms with E-state index < -0.39 is 26.6 Å². The average Bonchev–Trinajstić information content (AvgIpc) is 2.57. The van der Waals surface area contributed by atoms with Gasteiger partial charge in [-0.3, -0.25) is 15.6 Å². The molecule has 120 valence electrons. The Bertz CT molecular complexity index is 821. The number of carbonyl (C=O) groups excluding carboxylic acids is 1. The molecule has 0 bridgehead atoms. The largest absolute Gasteiger partial charge is 0.297 e. The minimum atomic E-state index is -4.17. The number of anilines is 1. The lowest BCUT2D eigenvalue weighted by molar-refractivity contribution is -0.114. The maximum absolute atomic E-state index is 12.8. The number of nitrogens with one attached hydrogen (secondary N) is 2. The molecule has 2 aromatic rings. The van der Waals surface area contributed by atoms with Crippen LogP contribution in [0.3, 0.4) is 0 Å². The molecule has 0 radical (unpaired) electrons. The molecule has 7 nitrogen and oxygen atoms in total. The molecule has 0 aliphatic carbocycles. The monoisotopic (exact) mass is 336 g/mol. The minimum absolute atomic E-state index is 0.108. The summed E-state index contributed by atoms with van der Waals surface area (Å²) in [5, 5.41) is 2.80. The van der Waals surface area contributed by atoms with Gasteiger partial charge < -0.3 is 0 Å². The van der Waals surface area contributed by atoms with Crippen LogP contribution in [0.25, 0.3) is 0 Å². The normalized spacial score (nSPS) is 11.8. The number of hydrazone groups is 1. The van der Waals surface area contributed by atoms with Gasteiger partial charge >= 0.3 is 0 Å². The summed E-state index contributed by atoms with van der Waals surface area (Å²) in [6.45, 7) is 0. The Morgan fingerprint density at radius 3 is 2.22 bits per heavy atom. The van der Waals surface area contributed by atoms with Crippen molar-refractivity contribution >= 4 is 26.5 Å². The standard InChI is InChI=1S/C14H13FN4O3S/c15-10-6-8-11(9-7-10)18-19-14(13(20)17-16)23(21,22)12-4-2-1-3-5-12/h1-9,18H,16H2,(H,17,20). The van der Waals surface area contributed by atoms with E-state index in [2.05, 4.69) is 10.5 Å². The maximum atomic E-state index is 12.8. The van der Waals surface area contributed by atoms with Crippen molar-refractivity contribution < 1.29 is 17.6 Å². The summed E-state index contributed by atoms with van der Waals surface area (Å²) in [4.78, 5) is 11.7. The van der Waals surface area contributed by atoms with Crippen LogP contribution in [0.2, 0.25) is 0 Å². The number of sulfone groups is 1. The van der Waals surface area contributed by atoms with Crippen molar-refractivity contribution in [3.8, 4) is 0 Å². The summed E-state index contributed by atoms with van der Waals surface area (Å²) >= 11 is 0. The Labute approximate surface area is 131 Å². The predicted molar refractivity (Wildman–Crippen MR) is 83.4 cm³/mol. The van der Waals surface area contributed by atoms with Gasteiger partial charge in [0.15, 0.2) is 0 Å². The molecule has 0 aromatic heterocycles. The number of rotatable bonds is 3. The number of halogens is 1. The van der Waals surface area contributed by atoms with Crippen molar-refractivity contribution in [3.63, 3.8) is 0 Å². The topological polar surface area (TPSA) is 114 Å². The number of nitrogens with two attached hydrogens (primary N) is 1. The molecular formula is C14H13FN4O3S. The van der Waals surface area contributed by atoms with Gasteiger partial charge in [0.25, 0.3) is 5.91 Å². The van der Waals surface area contributed by atoms with Crippen molar-refractivity contribution in [2.75, 3.05) is 5.43 Å². The summed E-state index contributed by atoms with van der Waals surface area (Å²) < 4.78 is 37.8. The molecule has 0 fully saturated rings. The number of hydrogen-bond acceptors (Lipinski definition) is 6. The maximum Gasteiger partial charge on any atom is 0.297 e. The molecule has 0 saturated heterocycles. The molecule has 9 heteroatoms. The number of nitrogens with zero attached hydrogens (tertiary/aromatic N) is 1. The zero-order valence-corrected chi connectivity index (χ0v) is 12.5. The van der Waals surface area contributed by atoms with Crippen molar-refractivity contribution in [2.24, 2.45) is 10.9 Å². The fourth-order valence-electron chi connectivity index (χ4n) is 1.65. The highest BCUT2D eigenvalue weighted by molar-refractivity contribution is 8.08. The Hall–Kier alpha value is -2.78. The number of hydrogen-bond donors (Lipinski definition) is 3. The van der Waals surface area contributed by atoms with E-state index in [1.807, 2.05) is 0 Å². The number of hydrazine groups is 1. The number of carbonyl (C=O) groups is 1. The molecule has 4 N–H and O–H groups in total. The van der Waals surface area contributed by atoms with E-state index in [0.29, 0.717) is 5.69 Å². The van der Waals surface area contributed by atoms with Gasteiger partial charge in [-0.2, -0.15) is 5.10 Å². The third-order valence-electron chi connectivity index (χ3n) is 2.76. The van der Waals surface area contributed by atoms with Crippen molar-refractivity contribution in [1.82, 2.24) is 5.43 Å². The molecule has 0 heterocycles. The second-order valence-corrected chi connectivity index (χ2v) is 6.19. The van der Waals surface area contributed by atoms with Gasteiger partial charge in [0.05, 0.1) is 10.6 Å². The lowest BCUT2D eigenvalue weighted by Crippen LogP contribution is -2.40. The van der Waals surface area contributed by atoms with Gasteiger partial charge in [0, 0.05) is 0 Å². The van der Waals surface area contributed by atoms with Crippen LogP contribution in [0.5, 0.6) is 0 Å². The van der Waals surface area contributed by atoms with Gasteiger partial charge in [0.1, 0.15) is 5.82 Å². The Morgan fingerprint density at radius 1 is 1.04 bits per heavy atom. The number of benzene rings is 2. The van der Waals surface area contributed by atoms with E-state index in [1.54, 1.807) is 11.5 Å². The Morgan fingerprint density at radius 2 is 1.65 bits per heavy atom. The van der Waals surface area contributed by atoms with Crippen molar-refractivity contribution in [2.45, 2.75) is 4.90 Å². The van der Waals surface area contributed by atoms with Crippen molar-refractivity contribution in [3.05, 3.63) is 60.4 Å². The lowest BCUT2D eigenvalue weighted by Gasteiger charge is -2.08. The first-order valence-electron chi connectivity index (χ1n) is 6.35. The first-order valence-corrected chi connectivity index (χ1v) is 7.84. The molecule has 0 aliphatic heterocycles. The van der Waals surface area contributed by atoms with E-state index in [4.69, 9.17) is 5.84 Å². The van der Waals surface area contributed by atoms with E-state index in [9.17, 15) is 17.6 Å². The highest BCUT2D eigenvalue weighted by Crippen LogP contribution is 2.14. The zero-order valence-electron chi connectivity index (χ0n) is 11.7. The minimum Gasteiger partial charge on any atom is -0.288 e. The second kappa shape index (κ2) is 6.99. The van der Waals surface area contributed by atoms with E-state index in [-0.39, 0.29) is 4.90 Å². The Balaban J connectivity index is 2.39.